The third-order valence-corrected chi connectivity index (χ3v) is 2.13. The highest BCUT2D eigenvalue weighted by atomic mass is 35.5. The number of hydrogen-bond acceptors (Lipinski definition) is 5. The maximum atomic E-state index is 13.2. The fourth-order valence-electron chi connectivity index (χ4n) is 1.38. The lowest BCUT2D eigenvalue weighted by atomic mass is 10.2. The van der Waals surface area contributed by atoms with Crippen LogP contribution in [-0.2, 0) is 0 Å². The normalized spacial score (nSPS) is 9.59. The van der Waals surface area contributed by atoms with Crippen LogP contribution in [0.15, 0.2) is 23.4 Å². The Morgan fingerprint density at radius 1 is 1.24 bits per heavy atom. The molecule has 1 aromatic carbocycles. The number of nitrogens with zero attached hydrogens (tertiary/aromatic N) is 2. The van der Waals surface area contributed by atoms with Crippen molar-refractivity contribution in [3.63, 3.8) is 0 Å². The van der Waals surface area contributed by atoms with Crippen LogP contribution in [0, 0.1) is 10.7 Å². The number of hydrogen-bond donors (Lipinski definition) is 2. The summed E-state index contributed by atoms with van der Waals surface area (Å²) in [4.78, 5) is 11.8. The maximum absolute atomic E-state index is 13.2. The lowest BCUT2D eigenvalue weighted by Gasteiger charge is -2.22. The van der Waals surface area contributed by atoms with Crippen LogP contribution in [0.1, 0.15) is 0 Å². The zero-order valence-corrected chi connectivity index (χ0v) is 9.86. The standard InChI is InChI=1S/C10H13FN2O3.ClH/c11-9-7-8(1-2-10(9)12-16)13(3-5-14)4-6-15;/h1-2,7,14-15H,3-6H2;1H. The van der Waals surface area contributed by atoms with Crippen molar-refractivity contribution >= 4 is 23.8 Å². The molecule has 5 nitrogen and oxygen atoms in total. The molecule has 0 atom stereocenters. The summed E-state index contributed by atoms with van der Waals surface area (Å²) in [5.74, 6) is -0.714. The van der Waals surface area contributed by atoms with Crippen molar-refractivity contribution in [1.82, 2.24) is 0 Å². The van der Waals surface area contributed by atoms with Gasteiger partial charge in [0.15, 0.2) is 5.82 Å². The van der Waals surface area contributed by atoms with Gasteiger partial charge in [-0.15, -0.1) is 17.3 Å². The van der Waals surface area contributed by atoms with Crippen LogP contribution in [0.3, 0.4) is 0 Å². The molecule has 0 radical (unpaired) electrons. The molecule has 7 heteroatoms. The molecule has 96 valence electrons. The molecule has 0 aromatic heterocycles. The van der Waals surface area contributed by atoms with E-state index in [0.29, 0.717) is 5.69 Å². The van der Waals surface area contributed by atoms with Crippen molar-refractivity contribution in [1.29, 1.82) is 0 Å². The lowest BCUT2D eigenvalue weighted by Crippen LogP contribution is -2.29. The van der Waals surface area contributed by atoms with Crippen molar-refractivity contribution in [3.05, 3.63) is 28.9 Å². The van der Waals surface area contributed by atoms with Gasteiger partial charge in [0, 0.05) is 18.8 Å². The van der Waals surface area contributed by atoms with Gasteiger partial charge >= 0.3 is 0 Å². The Labute approximate surface area is 104 Å². The molecule has 0 fully saturated rings. The van der Waals surface area contributed by atoms with Crippen molar-refractivity contribution in [2.75, 3.05) is 31.2 Å². The summed E-state index contributed by atoms with van der Waals surface area (Å²) < 4.78 is 13.2. The number of nitroso groups, excluding NO2 is 1. The molecule has 0 spiro atoms. The van der Waals surface area contributed by atoms with E-state index in [2.05, 4.69) is 5.18 Å². The molecular formula is C10H14ClFN2O3. The Morgan fingerprint density at radius 2 is 1.82 bits per heavy atom. The highest BCUT2D eigenvalue weighted by Crippen LogP contribution is 2.23. The van der Waals surface area contributed by atoms with Crippen LogP contribution in [0.2, 0.25) is 0 Å². The monoisotopic (exact) mass is 264 g/mol. The smallest absolute Gasteiger partial charge is 0.154 e. The topological polar surface area (TPSA) is 73.1 Å². The Bertz CT molecular complexity index is 359. The summed E-state index contributed by atoms with van der Waals surface area (Å²) in [6.45, 7) is 0.367. The summed E-state index contributed by atoms with van der Waals surface area (Å²) in [6, 6.07) is 3.94. The second-order valence-electron chi connectivity index (χ2n) is 3.16. The van der Waals surface area contributed by atoms with Crippen LogP contribution in [0.25, 0.3) is 0 Å². The van der Waals surface area contributed by atoms with Crippen LogP contribution in [-0.4, -0.2) is 36.5 Å². The molecule has 0 unspecified atom stereocenters. The molecule has 0 saturated carbocycles. The van der Waals surface area contributed by atoms with E-state index in [1.165, 1.54) is 12.1 Å². The summed E-state index contributed by atoms with van der Waals surface area (Å²) in [7, 11) is 0. The third kappa shape index (κ3) is 4.26. The molecule has 17 heavy (non-hydrogen) atoms. The first kappa shape index (κ1) is 15.8. The van der Waals surface area contributed by atoms with Crippen molar-refractivity contribution < 1.29 is 14.6 Å². The van der Waals surface area contributed by atoms with Gasteiger partial charge in [-0.1, -0.05) is 0 Å². The van der Waals surface area contributed by atoms with E-state index in [1.807, 2.05) is 0 Å². The Morgan fingerprint density at radius 3 is 2.24 bits per heavy atom. The molecule has 2 N–H and O–H groups in total. The maximum Gasteiger partial charge on any atom is 0.154 e. The number of aliphatic hydroxyl groups is 2. The average molecular weight is 265 g/mol. The van der Waals surface area contributed by atoms with Crippen LogP contribution in [0.4, 0.5) is 15.8 Å². The highest BCUT2D eigenvalue weighted by molar-refractivity contribution is 5.85. The SMILES string of the molecule is Cl.O=Nc1ccc(N(CCO)CCO)cc1F. The number of benzene rings is 1. The predicted octanol–water partition coefficient (Wildman–Crippen LogP) is 1.44. The minimum atomic E-state index is -0.714. The zero-order valence-electron chi connectivity index (χ0n) is 9.04. The summed E-state index contributed by atoms with van der Waals surface area (Å²) in [5, 5.41) is 20.1. The molecule has 1 rings (SSSR count). The van der Waals surface area contributed by atoms with E-state index < -0.39 is 5.82 Å². The number of rotatable bonds is 6. The van der Waals surface area contributed by atoms with E-state index in [-0.39, 0.29) is 44.4 Å². The quantitative estimate of drug-likeness (QED) is 0.763. The largest absolute Gasteiger partial charge is 0.395 e. The molecule has 0 heterocycles. The molecule has 0 aliphatic carbocycles. The Hall–Kier alpha value is -1.24. The Balaban J connectivity index is 0.00000256. The molecule has 0 bridgehead atoms. The number of anilines is 1. The molecule has 0 saturated heterocycles. The second-order valence-corrected chi connectivity index (χ2v) is 3.16. The lowest BCUT2D eigenvalue weighted by molar-refractivity contribution is 0.281. The van der Waals surface area contributed by atoms with Gasteiger partial charge in [0.05, 0.1) is 13.2 Å². The first-order valence-corrected chi connectivity index (χ1v) is 4.82. The van der Waals surface area contributed by atoms with Crippen molar-refractivity contribution in [3.8, 4) is 0 Å². The van der Waals surface area contributed by atoms with Gasteiger partial charge in [-0.05, 0) is 23.4 Å². The van der Waals surface area contributed by atoms with Gasteiger partial charge in [0.1, 0.15) is 5.69 Å². The van der Waals surface area contributed by atoms with E-state index in [9.17, 15) is 9.30 Å². The fraction of sp³-hybridized carbons (Fsp3) is 0.400. The number of aliphatic hydroxyl groups excluding tert-OH is 2. The van der Waals surface area contributed by atoms with Gasteiger partial charge in [-0.2, -0.15) is 0 Å². The van der Waals surface area contributed by atoms with E-state index in [1.54, 1.807) is 4.90 Å². The molecule has 0 amide bonds. The summed E-state index contributed by atoms with van der Waals surface area (Å²) in [5.41, 5.74) is 0.240. The van der Waals surface area contributed by atoms with Gasteiger partial charge in [-0.3, -0.25) is 0 Å². The third-order valence-electron chi connectivity index (χ3n) is 2.13. The minimum Gasteiger partial charge on any atom is -0.395 e. The fourth-order valence-corrected chi connectivity index (χ4v) is 1.38. The zero-order chi connectivity index (χ0) is 12.0. The van der Waals surface area contributed by atoms with Gasteiger partial charge in [0.2, 0.25) is 0 Å². The average Bonchev–Trinajstić information content (AvgIpc) is 2.28. The highest BCUT2D eigenvalue weighted by Gasteiger charge is 2.09. The first-order valence-electron chi connectivity index (χ1n) is 4.82. The van der Waals surface area contributed by atoms with Gasteiger partial charge in [-0.25, -0.2) is 4.39 Å². The van der Waals surface area contributed by atoms with Crippen LogP contribution >= 0.6 is 12.4 Å². The second kappa shape index (κ2) is 7.94. The molecule has 1 aromatic rings. The Kier molecular flexibility index (Phi) is 7.36. The van der Waals surface area contributed by atoms with Crippen LogP contribution in [0.5, 0.6) is 0 Å². The van der Waals surface area contributed by atoms with E-state index >= 15 is 0 Å². The molecule has 0 aliphatic heterocycles. The van der Waals surface area contributed by atoms with Gasteiger partial charge in [0.25, 0.3) is 0 Å². The van der Waals surface area contributed by atoms with E-state index in [4.69, 9.17) is 10.2 Å². The summed E-state index contributed by atoms with van der Waals surface area (Å²) >= 11 is 0. The van der Waals surface area contributed by atoms with Crippen molar-refractivity contribution in [2.24, 2.45) is 5.18 Å². The minimum absolute atomic E-state index is 0. The molecular weight excluding hydrogens is 251 g/mol. The predicted molar refractivity (Wildman–Crippen MR) is 65.5 cm³/mol. The number of halogens is 2. The van der Waals surface area contributed by atoms with E-state index in [0.717, 1.165) is 6.07 Å². The van der Waals surface area contributed by atoms with Crippen molar-refractivity contribution in [2.45, 2.75) is 0 Å². The summed E-state index contributed by atoms with van der Waals surface area (Å²) in [6.07, 6.45) is 0. The van der Waals surface area contributed by atoms with Crippen LogP contribution < -0.4 is 4.90 Å². The van der Waals surface area contributed by atoms with Gasteiger partial charge < -0.3 is 15.1 Å². The first-order chi connectivity index (χ1) is 7.72. The molecule has 0 aliphatic rings.